The van der Waals surface area contributed by atoms with Crippen molar-refractivity contribution in [3.05, 3.63) is 0 Å². The molecule has 0 aromatic carbocycles. The number of amides is 1. The van der Waals surface area contributed by atoms with E-state index in [1.54, 1.807) is 0 Å². The predicted octanol–water partition coefficient (Wildman–Crippen LogP) is 0.00740. The van der Waals surface area contributed by atoms with Crippen LogP contribution in [-0.2, 0) is 23.9 Å². The molecule has 2 fully saturated rings. The Morgan fingerprint density at radius 1 is 1.17 bits per heavy atom. The number of carbonyl (C=O) groups is 3. The lowest BCUT2D eigenvalue weighted by Crippen LogP contribution is -2.45. The fourth-order valence-corrected chi connectivity index (χ4v) is 1.55. The average molecular weight is 255 g/mol. The van der Waals surface area contributed by atoms with Crippen LogP contribution in [0.1, 0.15) is 25.7 Å². The smallest absolute Gasteiger partial charge is 0.331 e. The number of rotatable bonds is 6. The summed E-state index contributed by atoms with van der Waals surface area (Å²) in [4.78, 5) is 34.4. The van der Waals surface area contributed by atoms with E-state index in [-0.39, 0.29) is 30.3 Å². The van der Waals surface area contributed by atoms with Gasteiger partial charge in [-0.15, -0.1) is 0 Å². The number of methoxy groups -OCH3 is 1. The second-order valence-corrected chi connectivity index (χ2v) is 4.76. The highest BCUT2D eigenvalue weighted by Gasteiger charge is 2.35. The molecule has 0 aromatic rings. The van der Waals surface area contributed by atoms with Crippen LogP contribution in [0.3, 0.4) is 0 Å². The van der Waals surface area contributed by atoms with E-state index in [1.165, 1.54) is 7.11 Å². The van der Waals surface area contributed by atoms with Gasteiger partial charge in [0.25, 0.3) is 0 Å². The molecule has 18 heavy (non-hydrogen) atoms. The first-order valence-electron chi connectivity index (χ1n) is 6.16. The van der Waals surface area contributed by atoms with Crippen molar-refractivity contribution in [2.24, 2.45) is 11.8 Å². The third-order valence-electron chi connectivity index (χ3n) is 3.05. The molecule has 0 bridgehead atoms. The van der Waals surface area contributed by atoms with Crippen molar-refractivity contribution in [2.45, 2.75) is 31.7 Å². The second kappa shape index (κ2) is 5.37. The molecule has 2 rings (SSSR count). The maximum Gasteiger partial charge on any atom is 0.331 e. The largest absolute Gasteiger partial charge is 0.467 e. The van der Waals surface area contributed by atoms with Crippen LogP contribution in [-0.4, -0.2) is 37.6 Å². The average Bonchev–Trinajstić information content (AvgIpc) is 3.20. The highest BCUT2D eigenvalue weighted by atomic mass is 16.5. The molecule has 6 nitrogen and oxygen atoms in total. The Bertz CT molecular complexity index is 359. The van der Waals surface area contributed by atoms with E-state index >= 15 is 0 Å². The van der Waals surface area contributed by atoms with E-state index in [1.807, 2.05) is 0 Å². The highest BCUT2D eigenvalue weighted by molar-refractivity contribution is 5.87. The quantitative estimate of drug-likeness (QED) is 0.676. The molecule has 0 heterocycles. The highest BCUT2D eigenvalue weighted by Crippen LogP contribution is 2.30. The van der Waals surface area contributed by atoms with Gasteiger partial charge in [0.1, 0.15) is 6.61 Å². The standard InChI is InChI=1S/C12H17NO5/c1-17-12(16)9(13-10(14)7-2-3-7)6-18-11(15)8-4-5-8/h7-9H,2-6H2,1H3,(H,13,14). The Hall–Kier alpha value is -1.59. The molecule has 0 aromatic heterocycles. The Kier molecular flexibility index (Phi) is 3.84. The number of nitrogens with one attached hydrogen (secondary N) is 1. The van der Waals surface area contributed by atoms with Crippen LogP contribution in [0.4, 0.5) is 0 Å². The first-order valence-corrected chi connectivity index (χ1v) is 6.16. The Morgan fingerprint density at radius 2 is 1.78 bits per heavy atom. The minimum absolute atomic E-state index is 0.00344. The van der Waals surface area contributed by atoms with Gasteiger partial charge in [-0.1, -0.05) is 0 Å². The number of ether oxygens (including phenoxy) is 2. The van der Waals surface area contributed by atoms with E-state index in [4.69, 9.17) is 4.74 Å². The lowest BCUT2D eigenvalue weighted by atomic mass is 10.3. The number of esters is 2. The summed E-state index contributed by atoms with van der Waals surface area (Å²) in [5.41, 5.74) is 0. The minimum atomic E-state index is -0.897. The molecular weight excluding hydrogens is 238 g/mol. The summed E-state index contributed by atoms with van der Waals surface area (Å²) in [6, 6.07) is -0.897. The maximum absolute atomic E-state index is 11.6. The topological polar surface area (TPSA) is 81.7 Å². The van der Waals surface area contributed by atoms with Gasteiger partial charge < -0.3 is 14.8 Å². The molecule has 1 N–H and O–H groups in total. The predicted molar refractivity (Wildman–Crippen MR) is 60.4 cm³/mol. The summed E-state index contributed by atoms with van der Waals surface area (Å²) in [6.45, 7) is -0.152. The van der Waals surface area contributed by atoms with Crippen molar-refractivity contribution < 1.29 is 23.9 Å². The minimum Gasteiger partial charge on any atom is -0.467 e. The van der Waals surface area contributed by atoms with Crippen LogP contribution in [0.5, 0.6) is 0 Å². The van der Waals surface area contributed by atoms with E-state index in [0.29, 0.717) is 0 Å². The molecule has 6 heteroatoms. The SMILES string of the molecule is COC(=O)C(COC(=O)C1CC1)NC(=O)C1CC1. The first-order chi connectivity index (χ1) is 8.61. The van der Waals surface area contributed by atoms with Gasteiger partial charge in [0, 0.05) is 5.92 Å². The summed E-state index contributed by atoms with van der Waals surface area (Å²) < 4.78 is 9.57. The Morgan fingerprint density at radius 3 is 2.28 bits per heavy atom. The van der Waals surface area contributed by atoms with Crippen LogP contribution in [0.25, 0.3) is 0 Å². The molecule has 100 valence electrons. The molecule has 2 aliphatic rings. The lowest BCUT2D eigenvalue weighted by molar-refractivity contribution is -0.153. The Labute approximate surface area is 105 Å². The van der Waals surface area contributed by atoms with Gasteiger partial charge in [0.15, 0.2) is 6.04 Å². The second-order valence-electron chi connectivity index (χ2n) is 4.76. The van der Waals surface area contributed by atoms with Gasteiger partial charge in [-0.3, -0.25) is 9.59 Å². The van der Waals surface area contributed by atoms with Crippen LogP contribution in [0.15, 0.2) is 0 Å². The summed E-state index contributed by atoms with van der Waals surface area (Å²) in [6.07, 6.45) is 3.38. The number of hydrogen-bond acceptors (Lipinski definition) is 5. The van der Waals surface area contributed by atoms with Crippen molar-refractivity contribution in [3.63, 3.8) is 0 Å². The number of hydrogen-bond donors (Lipinski definition) is 1. The van der Waals surface area contributed by atoms with Gasteiger partial charge in [-0.2, -0.15) is 0 Å². The van der Waals surface area contributed by atoms with Crippen molar-refractivity contribution in [3.8, 4) is 0 Å². The Balaban J connectivity index is 1.80. The van der Waals surface area contributed by atoms with E-state index in [0.717, 1.165) is 25.7 Å². The monoisotopic (exact) mass is 255 g/mol. The van der Waals surface area contributed by atoms with Crippen molar-refractivity contribution in [1.82, 2.24) is 5.32 Å². The zero-order valence-electron chi connectivity index (χ0n) is 10.3. The van der Waals surface area contributed by atoms with Crippen LogP contribution in [0, 0.1) is 11.8 Å². The number of carbonyl (C=O) groups excluding carboxylic acids is 3. The molecule has 2 aliphatic carbocycles. The van der Waals surface area contributed by atoms with E-state index < -0.39 is 12.0 Å². The van der Waals surface area contributed by atoms with Gasteiger partial charge in [-0.05, 0) is 25.7 Å². The van der Waals surface area contributed by atoms with Crippen molar-refractivity contribution in [2.75, 3.05) is 13.7 Å². The lowest BCUT2D eigenvalue weighted by Gasteiger charge is -2.16. The molecule has 0 saturated heterocycles. The molecule has 0 spiro atoms. The molecule has 1 atom stereocenters. The third-order valence-corrected chi connectivity index (χ3v) is 3.05. The fourth-order valence-electron chi connectivity index (χ4n) is 1.55. The van der Waals surface area contributed by atoms with E-state index in [9.17, 15) is 14.4 Å². The molecule has 2 saturated carbocycles. The zero-order chi connectivity index (χ0) is 13.1. The van der Waals surface area contributed by atoms with Crippen LogP contribution >= 0.6 is 0 Å². The fraction of sp³-hybridized carbons (Fsp3) is 0.750. The summed E-state index contributed by atoms with van der Waals surface area (Å²) in [5.74, 6) is -1.09. The molecule has 0 aliphatic heterocycles. The van der Waals surface area contributed by atoms with Crippen molar-refractivity contribution in [1.29, 1.82) is 0 Å². The molecule has 1 unspecified atom stereocenters. The molecule has 1 amide bonds. The van der Waals surface area contributed by atoms with Gasteiger partial charge in [-0.25, -0.2) is 4.79 Å². The third kappa shape index (κ3) is 3.45. The summed E-state index contributed by atoms with van der Waals surface area (Å²) >= 11 is 0. The normalized spacial score (nSPS) is 19.8. The van der Waals surface area contributed by atoms with Crippen LogP contribution in [0.2, 0.25) is 0 Å². The summed E-state index contributed by atoms with van der Waals surface area (Å²) in [5, 5.41) is 2.55. The molecule has 0 radical (unpaired) electrons. The van der Waals surface area contributed by atoms with Gasteiger partial charge in [0.2, 0.25) is 5.91 Å². The van der Waals surface area contributed by atoms with Gasteiger partial charge in [0.05, 0.1) is 13.0 Å². The van der Waals surface area contributed by atoms with Gasteiger partial charge >= 0.3 is 11.9 Å². The maximum atomic E-state index is 11.6. The zero-order valence-corrected chi connectivity index (χ0v) is 10.3. The van der Waals surface area contributed by atoms with Crippen molar-refractivity contribution >= 4 is 17.8 Å². The first kappa shape index (κ1) is 12.9. The van der Waals surface area contributed by atoms with Crippen LogP contribution < -0.4 is 5.32 Å². The molecular formula is C12H17NO5. The summed E-state index contributed by atoms with van der Waals surface area (Å²) in [7, 11) is 1.24. The van der Waals surface area contributed by atoms with E-state index in [2.05, 4.69) is 10.1 Å².